The van der Waals surface area contributed by atoms with Gasteiger partial charge in [0.2, 0.25) is 0 Å². The normalized spacial score (nSPS) is 10.1. The summed E-state index contributed by atoms with van der Waals surface area (Å²) in [6.45, 7) is 2.28. The minimum atomic E-state index is -0.0343. The fourth-order valence-electron chi connectivity index (χ4n) is 2.81. The summed E-state index contributed by atoms with van der Waals surface area (Å²) < 4.78 is 0. The molecule has 0 fully saturated rings. The first-order valence-corrected chi connectivity index (χ1v) is 8.97. The van der Waals surface area contributed by atoms with E-state index in [1.807, 2.05) is 54.6 Å². The van der Waals surface area contributed by atoms with Crippen molar-refractivity contribution in [2.45, 2.75) is 19.5 Å². The topological polar surface area (TPSA) is 41.1 Å². The van der Waals surface area contributed by atoms with Crippen LogP contribution in [0, 0.1) is 0 Å². The lowest BCUT2D eigenvalue weighted by Crippen LogP contribution is -2.23. The Morgan fingerprint density at radius 2 is 1.30 bits per heavy atom. The number of hydrogen-bond donors (Lipinski definition) is 2. The molecule has 0 bridgehead atoms. The Morgan fingerprint density at radius 1 is 0.704 bits per heavy atom. The van der Waals surface area contributed by atoms with Gasteiger partial charge in [-0.15, -0.1) is 12.4 Å². The Bertz CT molecular complexity index is 822. The van der Waals surface area contributed by atoms with Crippen LogP contribution in [0.25, 0.3) is 0 Å². The third kappa shape index (κ3) is 6.89. The van der Waals surface area contributed by atoms with Crippen molar-refractivity contribution in [2.75, 3.05) is 6.54 Å². The number of hydrogen-bond acceptors (Lipinski definition) is 2. The summed E-state index contributed by atoms with van der Waals surface area (Å²) in [5.74, 6) is -0.0343. The van der Waals surface area contributed by atoms with E-state index < -0.39 is 0 Å². The predicted molar refractivity (Wildman–Crippen MR) is 113 cm³/mol. The molecule has 4 heteroatoms. The molecule has 0 atom stereocenters. The first-order chi connectivity index (χ1) is 12.8. The van der Waals surface area contributed by atoms with Gasteiger partial charge in [-0.25, -0.2) is 0 Å². The molecule has 0 saturated carbocycles. The predicted octanol–water partition coefficient (Wildman–Crippen LogP) is 4.37. The van der Waals surface area contributed by atoms with Crippen molar-refractivity contribution in [3.8, 4) is 0 Å². The van der Waals surface area contributed by atoms with E-state index in [9.17, 15) is 4.79 Å². The minimum absolute atomic E-state index is 0. The monoisotopic (exact) mass is 380 g/mol. The molecule has 0 aliphatic rings. The molecule has 0 heterocycles. The van der Waals surface area contributed by atoms with Crippen LogP contribution in [-0.2, 0) is 19.5 Å². The zero-order valence-electron chi connectivity index (χ0n) is 15.2. The average Bonchev–Trinajstić information content (AvgIpc) is 2.71. The highest BCUT2D eigenvalue weighted by Gasteiger charge is 2.06. The second-order valence-electron chi connectivity index (χ2n) is 6.28. The van der Waals surface area contributed by atoms with E-state index >= 15 is 0 Å². The summed E-state index contributed by atoms with van der Waals surface area (Å²) in [4.78, 5) is 12.4. The van der Waals surface area contributed by atoms with Crippen molar-refractivity contribution in [1.29, 1.82) is 0 Å². The fraction of sp³-hybridized carbons (Fsp3) is 0.174. The molecule has 3 nitrogen and oxygen atoms in total. The van der Waals surface area contributed by atoms with Crippen LogP contribution in [0.15, 0.2) is 84.9 Å². The molecule has 3 aromatic carbocycles. The zero-order chi connectivity index (χ0) is 18.0. The number of rotatable bonds is 8. The van der Waals surface area contributed by atoms with E-state index in [2.05, 4.69) is 41.0 Å². The molecule has 2 N–H and O–H groups in total. The smallest absolute Gasteiger partial charge is 0.251 e. The molecule has 0 aliphatic carbocycles. The molecule has 0 radical (unpaired) electrons. The third-order valence-corrected chi connectivity index (χ3v) is 4.25. The van der Waals surface area contributed by atoms with Crippen molar-refractivity contribution in [3.63, 3.8) is 0 Å². The molecule has 0 saturated heterocycles. The number of benzene rings is 3. The number of carbonyl (C=O) groups excluding carboxylic acids is 1. The number of carbonyl (C=O) groups is 1. The van der Waals surface area contributed by atoms with Gasteiger partial charge in [-0.1, -0.05) is 72.8 Å². The molecule has 1 amide bonds. The van der Waals surface area contributed by atoms with Crippen LogP contribution in [0.5, 0.6) is 0 Å². The molecule has 0 spiro atoms. The van der Waals surface area contributed by atoms with Gasteiger partial charge in [-0.3, -0.25) is 4.79 Å². The number of amides is 1. The molecular weight excluding hydrogens is 356 g/mol. The van der Waals surface area contributed by atoms with E-state index in [4.69, 9.17) is 0 Å². The van der Waals surface area contributed by atoms with E-state index in [1.165, 1.54) is 5.56 Å². The SMILES string of the molecule is Cl.O=C(NCc1ccccc1)c1cccc(CCNCc2ccccc2)c1. The van der Waals surface area contributed by atoms with Crippen LogP contribution in [0.2, 0.25) is 0 Å². The molecule has 3 aromatic rings. The summed E-state index contributed by atoms with van der Waals surface area (Å²) in [5.41, 5.74) is 4.25. The number of halogens is 1. The molecule has 140 valence electrons. The first kappa shape index (κ1) is 20.7. The van der Waals surface area contributed by atoms with Gasteiger partial charge < -0.3 is 10.6 Å². The quantitative estimate of drug-likeness (QED) is 0.570. The lowest BCUT2D eigenvalue weighted by atomic mass is 10.1. The van der Waals surface area contributed by atoms with Crippen LogP contribution in [0.1, 0.15) is 27.0 Å². The van der Waals surface area contributed by atoms with Crippen molar-refractivity contribution < 1.29 is 4.79 Å². The van der Waals surface area contributed by atoms with Crippen molar-refractivity contribution in [1.82, 2.24) is 10.6 Å². The van der Waals surface area contributed by atoms with Gasteiger partial charge in [0, 0.05) is 18.7 Å². The van der Waals surface area contributed by atoms with Gasteiger partial charge >= 0.3 is 0 Å². The Kier molecular flexibility index (Phi) is 8.56. The summed E-state index contributed by atoms with van der Waals surface area (Å²) in [6, 6.07) is 28.2. The highest BCUT2D eigenvalue weighted by atomic mass is 35.5. The summed E-state index contributed by atoms with van der Waals surface area (Å²) in [6.07, 6.45) is 0.895. The fourth-order valence-corrected chi connectivity index (χ4v) is 2.81. The van der Waals surface area contributed by atoms with Crippen LogP contribution in [0.4, 0.5) is 0 Å². The van der Waals surface area contributed by atoms with E-state index in [0.29, 0.717) is 12.1 Å². The highest BCUT2D eigenvalue weighted by Crippen LogP contribution is 2.07. The average molecular weight is 381 g/mol. The van der Waals surface area contributed by atoms with E-state index in [1.54, 1.807) is 0 Å². The maximum atomic E-state index is 12.4. The second-order valence-corrected chi connectivity index (χ2v) is 6.28. The van der Waals surface area contributed by atoms with Crippen molar-refractivity contribution in [3.05, 3.63) is 107 Å². The van der Waals surface area contributed by atoms with Gasteiger partial charge in [0.05, 0.1) is 0 Å². The Morgan fingerprint density at radius 3 is 1.96 bits per heavy atom. The molecule has 0 unspecified atom stereocenters. The number of nitrogens with one attached hydrogen (secondary N) is 2. The lowest BCUT2D eigenvalue weighted by molar-refractivity contribution is 0.0951. The van der Waals surface area contributed by atoms with Crippen LogP contribution < -0.4 is 10.6 Å². The molecular formula is C23H25ClN2O. The van der Waals surface area contributed by atoms with E-state index in [-0.39, 0.29) is 18.3 Å². The van der Waals surface area contributed by atoms with Gasteiger partial charge in [-0.05, 0) is 41.8 Å². The van der Waals surface area contributed by atoms with Crippen LogP contribution in [0.3, 0.4) is 0 Å². The van der Waals surface area contributed by atoms with Crippen LogP contribution in [-0.4, -0.2) is 12.5 Å². The van der Waals surface area contributed by atoms with Crippen LogP contribution >= 0.6 is 12.4 Å². The largest absolute Gasteiger partial charge is 0.348 e. The Balaban J connectivity index is 0.00000261. The first-order valence-electron chi connectivity index (χ1n) is 8.97. The van der Waals surface area contributed by atoms with Gasteiger partial charge in [0.25, 0.3) is 5.91 Å². The zero-order valence-corrected chi connectivity index (χ0v) is 16.0. The third-order valence-electron chi connectivity index (χ3n) is 4.25. The summed E-state index contributed by atoms with van der Waals surface area (Å²) in [7, 11) is 0. The standard InChI is InChI=1S/C23H24N2O.ClH/c26-23(25-18-21-10-5-2-6-11-21)22-13-7-12-19(16-22)14-15-24-17-20-8-3-1-4-9-20;/h1-13,16,24H,14-15,17-18H2,(H,25,26);1H. The maximum Gasteiger partial charge on any atom is 0.251 e. The molecule has 3 rings (SSSR count). The maximum absolute atomic E-state index is 12.4. The van der Waals surface area contributed by atoms with Crippen molar-refractivity contribution >= 4 is 18.3 Å². The summed E-state index contributed by atoms with van der Waals surface area (Å²) >= 11 is 0. The van der Waals surface area contributed by atoms with Gasteiger partial charge in [-0.2, -0.15) is 0 Å². The Labute approximate surface area is 167 Å². The molecule has 27 heavy (non-hydrogen) atoms. The lowest BCUT2D eigenvalue weighted by Gasteiger charge is -2.08. The van der Waals surface area contributed by atoms with Gasteiger partial charge in [0.15, 0.2) is 0 Å². The second kappa shape index (κ2) is 11.2. The highest BCUT2D eigenvalue weighted by molar-refractivity contribution is 5.94. The van der Waals surface area contributed by atoms with E-state index in [0.717, 1.165) is 30.6 Å². The minimum Gasteiger partial charge on any atom is -0.348 e. The van der Waals surface area contributed by atoms with Gasteiger partial charge in [0.1, 0.15) is 0 Å². The Hall–Kier alpha value is -2.62. The van der Waals surface area contributed by atoms with Crippen molar-refractivity contribution in [2.24, 2.45) is 0 Å². The molecule has 0 aliphatic heterocycles. The summed E-state index contributed by atoms with van der Waals surface area (Å²) in [5, 5.41) is 6.42. The molecule has 0 aromatic heterocycles.